The Morgan fingerprint density at radius 1 is 1.12 bits per heavy atom. The van der Waals surface area contributed by atoms with Gasteiger partial charge >= 0.3 is 0 Å². The Balaban J connectivity index is 1.40. The second-order valence-corrected chi connectivity index (χ2v) is 7.21. The van der Waals surface area contributed by atoms with Gasteiger partial charge in [-0.25, -0.2) is 4.90 Å². The number of hydrogen-bond donors (Lipinski definition) is 0. The zero-order chi connectivity index (χ0) is 17.1. The largest absolute Gasteiger partial charge is 0.373 e. The average Bonchev–Trinajstić information content (AvgIpc) is 3.33. The van der Waals surface area contributed by atoms with Crippen molar-refractivity contribution in [2.75, 3.05) is 4.90 Å². The summed E-state index contributed by atoms with van der Waals surface area (Å²) in [6.45, 7) is 2.66. The van der Waals surface area contributed by atoms with Crippen LogP contribution in [0.5, 0.6) is 0 Å². The molecule has 6 heteroatoms. The molecule has 3 fully saturated rings. The Kier molecular flexibility index (Phi) is 3.12. The summed E-state index contributed by atoms with van der Waals surface area (Å²) in [5, 5.41) is 4.48. The monoisotopic (exact) mass is 337 g/mol. The van der Waals surface area contributed by atoms with Gasteiger partial charge in [-0.2, -0.15) is 5.10 Å². The van der Waals surface area contributed by atoms with Crippen molar-refractivity contribution in [1.82, 2.24) is 9.78 Å². The molecule has 0 saturated carbocycles. The van der Waals surface area contributed by atoms with Crippen LogP contribution in [0.2, 0.25) is 0 Å². The molecule has 0 spiro atoms. The minimum Gasteiger partial charge on any atom is -0.373 e. The molecule has 3 aliphatic rings. The number of aromatic nitrogens is 2. The van der Waals surface area contributed by atoms with Crippen LogP contribution in [0.25, 0.3) is 0 Å². The summed E-state index contributed by atoms with van der Waals surface area (Å²) in [6, 6.07) is 9.95. The molecule has 0 aliphatic carbocycles. The SMILES string of the molecule is Cc1cccc(Cn2ccc(N3C(=O)[C@H]4[C@H](C3=O)[C@H]3CC[C@H]4O3)n2)c1. The van der Waals surface area contributed by atoms with E-state index < -0.39 is 0 Å². The third-order valence-electron chi connectivity index (χ3n) is 5.57. The maximum absolute atomic E-state index is 12.8. The van der Waals surface area contributed by atoms with E-state index in [9.17, 15) is 9.59 Å². The van der Waals surface area contributed by atoms with Crippen LogP contribution in [0.1, 0.15) is 24.0 Å². The van der Waals surface area contributed by atoms with E-state index in [-0.39, 0.29) is 35.9 Å². The summed E-state index contributed by atoms with van der Waals surface area (Å²) in [4.78, 5) is 26.8. The van der Waals surface area contributed by atoms with Crippen molar-refractivity contribution in [3.63, 3.8) is 0 Å². The number of rotatable bonds is 3. The highest BCUT2D eigenvalue weighted by Crippen LogP contribution is 2.49. The van der Waals surface area contributed by atoms with E-state index in [4.69, 9.17) is 4.74 Å². The molecule has 4 atom stereocenters. The van der Waals surface area contributed by atoms with Crippen LogP contribution < -0.4 is 4.90 Å². The average molecular weight is 337 g/mol. The van der Waals surface area contributed by atoms with Gasteiger partial charge in [-0.05, 0) is 25.3 Å². The highest BCUT2D eigenvalue weighted by Gasteiger charge is 2.63. The zero-order valence-corrected chi connectivity index (χ0v) is 14.0. The van der Waals surface area contributed by atoms with Gasteiger partial charge < -0.3 is 4.74 Å². The quantitative estimate of drug-likeness (QED) is 0.803. The third kappa shape index (κ3) is 2.17. The number of aryl methyl sites for hydroxylation is 1. The van der Waals surface area contributed by atoms with Gasteiger partial charge in [0.15, 0.2) is 5.82 Å². The lowest BCUT2D eigenvalue weighted by molar-refractivity contribution is -0.124. The van der Waals surface area contributed by atoms with Crippen LogP contribution in [-0.2, 0) is 20.9 Å². The Morgan fingerprint density at radius 3 is 2.52 bits per heavy atom. The first kappa shape index (κ1) is 14.8. The summed E-state index contributed by atoms with van der Waals surface area (Å²) in [7, 11) is 0. The highest BCUT2D eigenvalue weighted by atomic mass is 16.5. The van der Waals surface area contributed by atoms with Gasteiger partial charge in [-0.3, -0.25) is 14.3 Å². The van der Waals surface area contributed by atoms with Crippen molar-refractivity contribution in [2.24, 2.45) is 11.8 Å². The zero-order valence-electron chi connectivity index (χ0n) is 14.0. The molecule has 2 bridgehead atoms. The van der Waals surface area contributed by atoms with Gasteiger partial charge in [0.25, 0.3) is 0 Å². The first-order chi connectivity index (χ1) is 12.1. The standard InChI is InChI=1S/C19H19N3O3/c1-11-3-2-4-12(9-11)10-21-8-7-15(20-21)22-18(23)16-13-5-6-14(25-13)17(16)19(22)24/h2-4,7-9,13-14,16-17H,5-6,10H2,1H3/t13-,14-,16-,17-/m1/s1. The van der Waals surface area contributed by atoms with Crippen LogP contribution >= 0.6 is 0 Å². The fraction of sp³-hybridized carbons (Fsp3) is 0.421. The van der Waals surface area contributed by atoms with E-state index in [1.54, 1.807) is 10.7 Å². The molecule has 0 radical (unpaired) electrons. The lowest BCUT2D eigenvalue weighted by Gasteiger charge is -2.15. The molecule has 1 aromatic carbocycles. The lowest BCUT2D eigenvalue weighted by atomic mass is 9.81. The predicted octanol–water partition coefficient (Wildman–Crippen LogP) is 1.91. The van der Waals surface area contributed by atoms with Gasteiger partial charge in [0.05, 0.1) is 30.6 Å². The minimum absolute atomic E-state index is 0.0918. The van der Waals surface area contributed by atoms with Gasteiger partial charge in [0.1, 0.15) is 0 Å². The van der Waals surface area contributed by atoms with Crippen molar-refractivity contribution < 1.29 is 14.3 Å². The Bertz CT molecular complexity index is 846. The molecule has 4 heterocycles. The van der Waals surface area contributed by atoms with E-state index in [1.165, 1.54) is 10.5 Å². The maximum atomic E-state index is 12.8. The number of amides is 2. The number of ether oxygens (including phenoxy) is 1. The first-order valence-electron chi connectivity index (χ1n) is 8.74. The van der Waals surface area contributed by atoms with Crippen molar-refractivity contribution in [3.8, 4) is 0 Å². The number of carbonyl (C=O) groups is 2. The van der Waals surface area contributed by atoms with Crippen molar-refractivity contribution in [2.45, 2.75) is 38.5 Å². The third-order valence-corrected chi connectivity index (χ3v) is 5.57. The van der Waals surface area contributed by atoms with E-state index in [0.29, 0.717) is 12.4 Å². The summed E-state index contributed by atoms with van der Waals surface area (Å²) in [6.07, 6.45) is 3.38. The number of fused-ring (bicyclic) bond motifs is 5. The van der Waals surface area contributed by atoms with E-state index in [2.05, 4.69) is 24.2 Å². The molecule has 2 amide bonds. The molecule has 0 N–H and O–H groups in total. The molecule has 25 heavy (non-hydrogen) atoms. The number of carbonyl (C=O) groups excluding carboxylic acids is 2. The number of nitrogens with zero attached hydrogens (tertiary/aromatic N) is 3. The summed E-state index contributed by atoms with van der Waals surface area (Å²) >= 11 is 0. The van der Waals surface area contributed by atoms with Gasteiger partial charge in [-0.15, -0.1) is 0 Å². The van der Waals surface area contributed by atoms with E-state index >= 15 is 0 Å². The first-order valence-corrected chi connectivity index (χ1v) is 8.74. The topological polar surface area (TPSA) is 64.4 Å². The summed E-state index contributed by atoms with van der Waals surface area (Å²) < 4.78 is 7.53. The molecule has 6 nitrogen and oxygen atoms in total. The minimum atomic E-state index is -0.312. The molecule has 2 aromatic rings. The van der Waals surface area contributed by atoms with Crippen LogP contribution in [0.4, 0.5) is 5.82 Å². The van der Waals surface area contributed by atoms with Gasteiger partial charge in [0.2, 0.25) is 11.8 Å². The molecule has 1 aromatic heterocycles. The second-order valence-electron chi connectivity index (χ2n) is 7.21. The van der Waals surface area contributed by atoms with Crippen molar-refractivity contribution in [1.29, 1.82) is 0 Å². The smallest absolute Gasteiger partial charge is 0.241 e. The normalized spacial score (nSPS) is 30.4. The van der Waals surface area contributed by atoms with Crippen LogP contribution in [0, 0.1) is 18.8 Å². The van der Waals surface area contributed by atoms with Gasteiger partial charge in [0, 0.05) is 12.3 Å². The summed E-state index contributed by atoms with van der Waals surface area (Å²) in [5.74, 6) is -0.496. The fourth-order valence-corrected chi connectivity index (χ4v) is 4.49. The van der Waals surface area contributed by atoms with Crippen molar-refractivity contribution in [3.05, 3.63) is 47.7 Å². The van der Waals surface area contributed by atoms with E-state index in [1.807, 2.05) is 18.3 Å². The second kappa shape index (κ2) is 5.26. The number of anilines is 1. The molecule has 3 saturated heterocycles. The Hall–Kier alpha value is -2.47. The van der Waals surface area contributed by atoms with Crippen LogP contribution in [0.3, 0.4) is 0 Å². The van der Waals surface area contributed by atoms with Crippen LogP contribution in [0.15, 0.2) is 36.5 Å². The molecule has 128 valence electrons. The maximum Gasteiger partial charge on any atom is 0.241 e. The molecule has 5 rings (SSSR count). The number of benzene rings is 1. The van der Waals surface area contributed by atoms with Crippen molar-refractivity contribution >= 4 is 17.6 Å². The summed E-state index contributed by atoms with van der Waals surface area (Å²) in [5.41, 5.74) is 2.33. The predicted molar refractivity (Wildman–Crippen MR) is 89.9 cm³/mol. The van der Waals surface area contributed by atoms with E-state index in [0.717, 1.165) is 18.4 Å². The molecular formula is C19H19N3O3. The molecular weight excluding hydrogens is 318 g/mol. The Morgan fingerprint density at radius 2 is 1.84 bits per heavy atom. The molecule has 0 unspecified atom stereocenters. The molecule has 3 aliphatic heterocycles. The van der Waals surface area contributed by atoms with Crippen LogP contribution in [-0.4, -0.2) is 33.8 Å². The number of hydrogen-bond acceptors (Lipinski definition) is 4. The number of imide groups is 1. The van der Waals surface area contributed by atoms with Gasteiger partial charge in [-0.1, -0.05) is 29.8 Å². The lowest BCUT2D eigenvalue weighted by Crippen LogP contribution is -2.34. The highest BCUT2D eigenvalue weighted by molar-refractivity contribution is 6.22. The Labute approximate surface area is 145 Å². The fourth-order valence-electron chi connectivity index (χ4n) is 4.49.